The summed E-state index contributed by atoms with van der Waals surface area (Å²) in [7, 11) is 0. The molecule has 1 N–H and O–H groups in total. The van der Waals surface area contributed by atoms with Crippen LogP contribution in [0, 0.1) is 0 Å². The summed E-state index contributed by atoms with van der Waals surface area (Å²) in [5.74, 6) is 0. The van der Waals surface area contributed by atoms with Crippen LogP contribution in [-0.4, -0.2) is 35.1 Å². The van der Waals surface area contributed by atoms with E-state index < -0.39 is 0 Å². The highest BCUT2D eigenvalue weighted by atomic mass is 15.2. The van der Waals surface area contributed by atoms with Crippen molar-refractivity contribution in [3.8, 4) is 0 Å². The van der Waals surface area contributed by atoms with Crippen molar-refractivity contribution >= 4 is 0 Å². The molecule has 2 saturated heterocycles. The van der Waals surface area contributed by atoms with Gasteiger partial charge in [-0.3, -0.25) is 9.88 Å². The lowest BCUT2D eigenvalue weighted by Crippen LogP contribution is -2.35. The minimum absolute atomic E-state index is 0.719. The maximum absolute atomic E-state index is 4.40. The molecular formula is C13H19N3. The maximum atomic E-state index is 4.40. The van der Waals surface area contributed by atoms with Gasteiger partial charge in [0.15, 0.2) is 0 Å². The quantitative estimate of drug-likeness (QED) is 0.812. The summed E-state index contributed by atoms with van der Waals surface area (Å²) in [6.45, 7) is 3.41. The fourth-order valence-electron chi connectivity index (χ4n) is 2.88. The molecule has 0 radical (unpaired) electrons. The van der Waals surface area contributed by atoms with Crippen molar-refractivity contribution in [3.63, 3.8) is 0 Å². The summed E-state index contributed by atoms with van der Waals surface area (Å²) in [5.41, 5.74) is 1.19. The largest absolute Gasteiger partial charge is 0.310 e. The number of hydrogen-bond acceptors (Lipinski definition) is 3. The number of nitrogens with one attached hydrogen (secondary N) is 1. The van der Waals surface area contributed by atoms with E-state index in [4.69, 9.17) is 0 Å². The van der Waals surface area contributed by atoms with Gasteiger partial charge < -0.3 is 5.32 Å². The molecule has 2 aliphatic heterocycles. The van der Waals surface area contributed by atoms with E-state index in [0.29, 0.717) is 0 Å². The van der Waals surface area contributed by atoms with Gasteiger partial charge in [0.2, 0.25) is 0 Å². The Hall–Kier alpha value is -0.930. The average Bonchev–Trinajstić information content (AvgIpc) is 2.64. The minimum atomic E-state index is 0.719. The van der Waals surface area contributed by atoms with Crippen LogP contribution in [-0.2, 0) is 6.54 Å². The van der Waals surface area contributed by atoms with Crippen molar-refractivity contribution in [2.75, 3.05) is 13.1 Å². The number of likely N-dealkylation sites (tertiary alicyclic amines) is 1. The minimum Gasteiger partial charge on any atom is -0.310 e. The Morgan fingerprint density at radius 3 is 3.06 bits per heavy atom. The summed E-state index contributed by atoms with van der Waals surface area (Å²) in [5, 5.41) is 3.71. The number of hydrogen-bond donors (Lipinski definition) is 1. The Bertz CT molecular complexity index is 338. The van der Waals surface area contributed by atoms with Crippen molar-refractivity contribution in [2.24, 2.45) is 0 Å². The standard InChI is InChI=1S/C13H19N3/c1-2-7-14-12(3-1)9-16-8-6-11-4-5-13(10-16)15-11/h1-3,7,11,13,15H,4-6,8-10H2. The third-order valence-corrected chi connectivity index (χ3v) is 3.72. The Balaban J connectivity index is 1.63. The molecule has 2 aliphatic rings. The molecular weight excluding hydrogens is 198 g/mol. The van der Waals surface area contributed by atoms with Gasteiger partial charge in [-0.1, -0.05) is 6.07 Å². The zero-order valence-corrected chi connectivity index (χ0v) is 9.60. The van der Waals surface area contributed by atoms with E-state index in [1.165, 1.54) is 38.0 Å². The molecule has 3 nitrogen and oxygen atoms in total. The summed E-state index contributed by atoms with van der Waals surface area (Å²) in [6.07, 6.45) is 5.91. The van der Waals surface area contributed by atoms with Gasteiger partial charge in [-0.2, -0.15) is 0 Å². The van der Waals surface area contributed by atoms with Crippen LogP contribution in [0.3, 0.4) is 0 Å². The fourth-order valence-corrected chi connectivity index (χ4v) is 2.88. The molecule has 0 spiro atoms. The van der Waals surface area contributed by atoms with Gasteiger partial charge in [0.25, 0.3) is 0 Å². The first-order valence-electron chi connectivity index (χ1n) is 6.28. The molecule has 0 aromatic carbocycles. The summed E-state index contributed by atoms with van der Waals surface area (Å²) in [4.78, 5) is 6.94. The van der Waals surface area contributed by atoms with E-state index >= 15 is 0 Å². The number of aromatic nitrogens is 1. The van der Waals surface area contributed by atoms with E-state index in [9.17, 15) is 0 Å². The molecule has 0 saturated carbocycles. The van der Waals surface area contributed by atoms with E-state index in [1.807, 2.05) is 12.3 Å². The molecule has 1 aromatic rings. The van der Waals surface area contributed by atoms with Crippen LogP contribution in [0.4, 0.5) is 0 Å². The molecule has 3 rings (SSSR count). The van der Waals surface area contributed by atoms with E-state index in [0.717, 1.165) is 18.6 Å². The van der Waals surface area contributed by atoms with Crippen molar-refractivity contribution in [2.45, 2.75) is 37.9 Å². The highest BCUT2D eigenvalue weighted by Crippen LogP contribution is 2.21. The normalized spacial score (nSPS) is 30.2. The smallest absolute Gasteiger partial charge is 0.0543 e. The van der Waals surface area contributed by atoms with Gasteiger partial charge in [0.05, 0.1) is 5.69 Å². The highest BCUT2D eigenvalue weighted by Gasteiger charge is 2.29. The van der Waals surface area contributed by atoms with Gasteiger partial charge in [-0.05, 0) is 31.4 Å². The molecule has 2 bridgehead atoms. The number of fused-ring (bicyclic) bond motifs is 2. The predicted molar refractivity (Wildman–Crippen MR) is 64.1 cm³/mol. The van der Waals surface area contributed by atoms with Gasteiger partial charge in [-0.15, -0.1) is 0 Å². The first kappa shape index (κ1) is 10.2. The Kier molecular flexibility index (Phi) is 2.89. The second-order valence-electron chi connectivity index (χ2n) is 4.98. The topological polar surface area (TPSA) is 28.2 Å². The monoisotopic (exact) mass is 217 g/mol. The molecule has 2 unspecified atom stereocenters. The fraction of sp³-hybridized carbons (Fsp3) is 0.615. The molecule has 86 valence electrons. The van der Waals surface area contributed by atoms with Crippen LogP contribution in [0.2, 0.25) is 0 Å². The van der Waals surface area contributed by atoms with Crippen LogP contribution in [0.5, 0.6) is 0 Å². The molecule has 3 heterocycles. The molecule has 2 atom stereocenters. The lowest BCUT2D eigenvalue weighted by molar-refractivity contribution is 0.248. The third-order valence-electron chi connectivity index (χ3n) is 3.72. The predicted octanol–water partition coefficient (Wildman–Crippen LogP) is 1.41. The molecule has 3 heteroatoms. The summed E-state index contributed by atoms with van der Waals surface area (Å²) < 4.78 is 0. The summed E-state index contributed by atoms with van der Waals surface area (Å²) in [6, 6.07) is 7.67. The highest BCUT2D eigenvalue weighted by molar-refractivity contribution is 5.04. The first-order valence-corrected chi connectivity index (χ1v) is 6.28. The lowest BCUT2D eigenvalue weighted by Gasteiger charge is -2.23. The van der Waals surface area contributed by atoms with Crippen molar-refractivity contribution in [1.82, 2.24) is 15.2 Å². The van der Waals surface area contributed by atoms with Crippen LogP contribution in [0.15, 0.2) is 24.4 Å². The van der Waals surface area contributed by atoms with Crippen LogP contribution in [0.1, 0.15) is 25.0 Å². The van der Waals surface area contributed by atoms with Crippen LogP contribution in [0.25, 0.3) is 0 Å². The van der Waals surface area contributed by atoms with Crippen molar-refractivity contribution in [3.05, 3.63) is 30.1 Å². The second-order valence-corrected chi connectivity index (χ2v) is 4.98. The summed E-state index contributed by atoms with van der Waals surface area (Å²) >= 11 is 0. The molecule has 16 heavy (non-hydrogen) atoms. The van der Waals surface area contributed by atoms with Crippen LogP contribution < -0.4 is 5.32 Å². The van der Waals surface area contributed by atoms with Gasteiger partial charge >= 0.3 is 0 Å². The van der Waals surface area contributed by atoms with Crippen LogP contribution >= 0.6 is 0 Å². The maximum Gasteiger partial charge on any atom is 0.0543 e. The van der Waals surface area contributed by atoms with Gasteiger partial charge in [0.1, 0.15) is 0 Å². The number of pyridine rings is 1. The number of nitrogens with zero attached hydrogens (tertiary/aromatic N) is 2. The van der Waals surface area contributed by atoms with Crippen molar-refractivity contribution < 1.29 is 0 Å². The Labute approximate surface area is 96.9 Å². The third kappa shape index (κ3) is 2.25. The Morgan fingerprint density at radius 1 is 1.25 bits per heavy atom. The van der Waals surface area contributed by atoms with Crippen molar-refractivity contribution in [1.29, 1.82) is 0 Å². The number of rotatable bonds is 2. The lowest BCUT2D eigenvalue weighted by atomic mass is 10.1. The van der Waals surface area contributed by atoms with E-state index in [1.54, 1.807) is 0 Å². The van der Waals surface area contributed by atoms with Gasteiger partial charge in [-0.25, -0.2) is 0 Å². The molecule has 2 fully saturated rings. The van der Waals surface area contributed by atoms with E-state index in [-0.39, 0.29) is 0 Å². The average molecular weight is 217 g/mol. The SMILES string of the molecule is c1ccc(CN2CCC3CCC(C2)N3)nc1. The molecule has 0 aliphatic carbocycles. The first-order chi connectivity index (χ1) is 7.90. The second kappa shape index (κ2) is 4.52. The molecule has 0 amide bonds. The van der Waals surface area contributed by atoms with Gasteiger partial charge in [0, 0.05) is 37.9 Å². The van der Waals surface area contributed by atoms with E-state index in [2.05, 4.69) is 27.3 Å². The molecule has 1 aromatic heterocycles. The zero-order valence-electron chi connectivity index (χ0n) is 9.60. The zero-order chi connectivity index (χ0) is 10.8. The Morgan fingerprint density at radius 2 is 2.19 bits per heavy atom.